The number of guanidine groups is 1. The summed E-state index contributed by atoms with van der Waals surface area (Å²) in [5.41, 5.74) is 2.58. The summed E-state index contributed by atoms with van der Waals surface area (Å²) in [6.07, 6.45) is 4.27. The first kappa shape index (κ1) is 25.0. The zero-order valence-electron chi connectivity index (χ0n) is 19.0. The normalized spacial score (nSPS) is 21.6. The Bertz CT molecular complexity index is 840. The fourth-order valence-electron chi connectivity index (χ4n) is 4.39. The molecule has 1 N–H and O–H groups in total. The number of hydrogen-bond donors (Lipinski definition) is 1. The predicted molar refractivity (Wildman–Crippen MR) is 136 cm³/mol. The molecule has 4 rings (SSSR count). The van der Waals surface area contributed by atoms with E-state index in [0.29, 0.717) is 6.61 Å². The monoisotopic (exact) mass is 554 g/mol. The van der Waals surface area contributed by atoms with E-state index in [1.807, 2.05) is 19.2 Å². The largest absolute Gasteiger partial charge is 0.468 e. The van der Waals surface area contributed by atoms with E-state index < -0.39 is 0 Å². The number of nitrogens with zero attached hydrogens (tertiary/aromatic N) is 3. The van der Waals surface area contributed by atoms with Crippen molar-refractivity contribution in [2.45, 2.75) is 44.7 Å². The lowest BCUT2D eigenvalue weighted by molar-refractivity contribution is -0.0817. The topological polar surface area (TPSA) is 62.5 Å². The van der Waals surface area contributed by atoms with Gasteiger partial charge in [0.25, 0.3) is 0 Å². The highest BCUT2D eigenvalue weighted by Crippen LogP contribution is 2.21. The molecule has 3 heterocycles. The van der Waals surface area contributed by atoms with Gasteiger partial charge in [0.15, 0.2) is 5.96 Å². The molecule has 2 aromatic rings. The third-order valence-electron chi connectivity index (χ3n) is 5.99. The number of aliphatic imine (C=N–C) groups is 1. The van der Waals surface area contributed by atoms with E-state index in [-0.39, 0.29) is 36.2 Å². The number of halogens is 1. The Morgan fingerprint density at radius 3 is 2.62 bits per heavy atom. The molecule has 2 aliphatic heterocycles. The second-order valence-electron chi connectivity index (χ2n) is 8.33. The van der Waals surface area contributed by atoms with E-state index in [1.165, 1.54) is 11.1 Å². The Hall–Kier alpha value is -1.62. The van der Waals surface area contributed by atoms with Crippen LogP contribution in [0.1, 0.15) is 29.7 Å². The Labute approximate surface area is 208 Å². The molecule has 2 fully saturated rings. The van der Waals surface area contributed by atoms with Gasteiger partial charge in [-0.05, 0) is 43.1 Å². The van der Waals surface area contributed by atoms with Crippen LogP contribution < -0.4 is 5.32 Å². The molecule has 176 valence electrons. The first-order valence-electron chi connectivity index (χ1n) is 11.2. The first-order valence-corrected chi connectivity index (χ1v) is 11.2. The van der Waals surface area contributed by atoms with Gasteiger partial charge in [0.1, 0.15) is 11.9 Å². The maximum Gasteiger partial charge on any atom is 0.194 e. The van der Waals surface area contributed by atoms with Crippen LogP contribution in [0.2, 0.25) is 0 Å². The zero-order chi connectivity index (χ0) is 21.5. The van der Waals surface area contributed by atoms with E-state index in [1.54, 1.807) is 6.26 Å². The van der Waals surface area contributed by atoms with Gasteiger partial charge in [-0.2, -0.15) is 0 Å². The quantitative estimate of drug-likeness (QED) is 0.322. The third-order valence-corrected chi connectivity index (χ3v) is 5.99. The average Bonchev–Trinajstić information content (AvgIpc) is 3.50. The van der Waals surface area contributed by atoms with E-state index in [2.05, 4.69) is 51.4 Å². The molecule has 0 aliphatic carbocycles. The minimum Gasteiger partial charge on any atom is -0.468 e. The summed E-state index contributed by atoms with van der Waals surface area (Å²) in [6, 6.07) is 12.5. The van der Waals surface area contributed by atoms with Gasteiger partial charge in [0.2, 0.25) is 0 Å². The molecule has 2 saturated heterocycles. The van der Waals surface area contributed by atoms with E-state index in [4.69, 9.17) is 13.9 Å². The summed E-state index contributed by atoms with van der Waals surface area (Å²) in [6.45, 7) is 5.60. The van der Waals surface area contributed by atoms with Crippen molar-refractivity contribution in [1.29, 1.82) is 0 Å². The number of benzene rings is 1. The average molecular weight is 554 g/mol. The first-order chi connectivity index (χ1) is 15.2. The van der Waals surface area contributed by atoms with Crippen molar-refractivity contribution < 1.29 is 13.9 Å². The molecule has 2 unspecified atom stereocenters. The Morgan fingerprint density at radius 1 is 1.09 bits per heavy atom. The fraction of sp³-hybridized carbons (Fsp3) is 0.542. The maximum atomic E-state index is 5.99. The molecule has 1 aromatic heterocycles. The second kappa shape index (κ2) is 12.6. The third kappa shape index (κ3) is 6.69. The van der Waals surface area contributed by atoms with Crippen LogP contribution in [0.15, 0.2) is 52.1 Å². The number of ether oxygens (including phenoxy) is 2. The van der Waals surface area contributed by atoms with Crippen LogP contribution in [0.4, 0.5) is 0 Å². The summed E-state index contributed by atoms with van der Waals surface area (Å²) < 4.78 is 17.3. The lowest BCUT2D eigenvalue weighted by Gasteiger charge is -2.37. The van der Waals surface area contributed by atoms with Crippen LogP contribution >= 0.6 is 24.0 Å². The Kier molecular flexibility index (Phi) is 9.83. The van der Waals surface area contributed by atoms with Crippen molar-refractivity contribution >= 4 is 29.9 Å². The fourth-order valence-corrected chi connectivity index (χ4v) is 4.39. The Balaban J connectivity index is 0.00000289. The molecule has 0 amide bonds. The van der Waals surface area contributed by atoms with Gasteiger partial charge in [-0.25, -0.2) is 0 Å². The summed E-state index contributed by atoms with van der Waals surface area (Å²) in [7, 11) is 3.96. The minimum absolute atomic E-state index is 0. The number of hydrogen-bond acceptors (Lipinski definition) is 5. The minimum atomic E-state index is 0. The molecule has 2 atom stereocenters. The SMILES string of the molecule is CN=C(NCc1ccccc1CN(C)Cc1ccco1)N1CCOC(C2CCCO2)C1.I. The van der Waals surface area contributed by atoms with Crippen LogP contribution in [0.5, 0.6) is 0 Å². The van der Waals surface area contributed by atoms with Gasteiger partial charge >= 0.3 is 0 Å². The van der Waals surface area contributed by atoms with E-state index in [9.17, 15) is 0 Å². The highest BCUT2D eigenvalue weighted by atomic mass is 127. The predicted octanol–water partition coefficient (Wildman–Crippen LogP) is 3.48. The molecular formula is C24H35IN4O3. The molecule has 0 radical (unpaired) electrons. The van der Waals surface area contributed by atoms with E-state index in [0.717, 1.165) is 63.9 Å². The zero-order valence-corrected chi connectivity index (χ0v) is 21.4. The number of furan rings is 1. The molecular weight excluding hydrogens is 519 g/mol. The highest BCUT2D eigenvalue weighted by Gasteiger charge is 2.32. The molecule has 0 bridgehead atoms. The van der Waals surface area contributed by atoms with Gasteiger partial charge in [-0.1, -0.05) is 24.3 Å². The smallest absolute Gasteiger partial charge is 0.194 e. The molecule has 2 aliphatic rings. The van der Waals surface area contributed by atoms with Crippen molar-refractivity contribution in [2.24, 2.45) is 4.99 Å². The van der Waals surface area contributed by atoms with Crippen molar-refractivity contribution in [3.63, 3.8) is 0 Å². The summed E-state index contributed by atoms with van der Waals surface area (Å²) in [5.74, 6) is 1.90. The molecule has 32 heavy (non-hydrogen) atoms. The number of rotatable bonds is 7. The number of morpholine rings is 1. The second-order valence-corrected chi connectivity index (χ2v) is 8.33. The lowest BCUT2D eigenvalue weighted by Crippen LogP contribution is -2.53. The molecule has 7 nitrogen and oxygen atoms in total. The standard InChI is InChI=1S/C24H34N4O3.HI/c1-25-24(28-11-14-31-23(18-28)22-10-6-13-30-22)26-15-19-7-3-4-8-20(19)16-27(2)17-21-9-5-12-29-21;/h3-5,7-9,12,22-23H,6,10-11,13-18H2,1-2H3,(H,25,26);1H. The van der Waals surface area contributed by atoms with Gasteiger partial charge in [-0.15, -0.1) is 24.0 Å². The van der Waals surface area contributed by atoms with E-state index >= 15 is 0 Å². The van der Waals surface area contributed by atoms with Crippen molar-refractivity contribution in [1.82, 2.24) is 15.1 Å². The molecule has 0 spiro atoms. The van der Waals surface area contributed by atoms with Crippen molar-refractivity contribution in [3.8, 4) is 0 Å². The van der Waals surface area contributed by atoms with Crippen LogP contribution in [0, 0.1) is 0 Å². The van der Waals surface area contributed by atoms with Crippen molar-refractivity contribution in [2.75, 3.05) is 40.4 Å². The molecule has 0 saturated carbocycles. The van der Waals surface area contributed by atoms with Gasteiger partial charge < -0.3 is 24.1 Å². The lowest BCUT2D eigenvalue weighted by atomic mass is 10.1. The van der Waals surface area contributed by atoms with Gasteiger partial charge in [0.05, 0.1) is 25.5 Å². The van der Waals surface area contributed by atoms with Crippen LogP contribution in [0.25, 0.3) is 0 Å². The molecule has 1 aromatic carbocycles. The van der Waals surface area contributed by atoms with Crippen LogP contribution in [-0.4, -0.2) is 68.4 Å². The highest BCUT2D eigenvalue weighted by molar-refractivity contribution is 14.0. The van der Waals surface area contributed by atoms with Crippen LogP contribution in [-0.2, 0) is 29.1 Å². The summed E-state index contributed by atoms with van der Waals surface area (Å²) in [4.78, 5) is 9.10. The van der Waals surface area contributed by atoms with Gasteiger partial charge in [0, 0.05) is 39.8 Å². The molecule has 8 heteroatoms. The summed E-state index contributed by atoms with van der Waals surface area (Å²) in [5, 5.41) is 3.57. The maximum absolute atomic E-state index is 5.99. The van der Waals surface area contributed by atoms with Gasteiger partial charge in [-0.3, -0.25) is 9.89 Å². The van der Waals surface area contributed by atoms with Crippen molar-refractivity contribution in [3.05, 3.63) is 59.5 Å². The number of nitrogens with one attached hydrogen (secondary N) is 1. The summed E-state index contributed by atoms with van der Waals surface area (Å²) >= 11 is 0. The van der Waals surface area contributed by atoms with Crippen LogP contribution in [0.3, 0.4) is 0 Å². The Morgan fingerprint density at radius 2 is 1.91 bits per heavy atom.